The van der Waals surface area contributed by atoms with Crippen LogP contribution in [0.3, 0.4) is 0 Å². The first kappa shape index (κ1) is 15.2. The summed E-state index contributed by atoms with van der Waals surface area (Å²) >= 11 is 8.88. The van der Waals surface area contributed by atoms with E-state index in [0.717, 1.165) is 0 Å². The van der Waals surface area contributed by atoms with Gasteiger partial charge in [0.05, 0.1) is 17.7 Å². The first-order chi connectivity index (χ1) is 8.38. The molecule has 0 spiro atoms. The number of benzene rings is 1. The van der Waals surface area contributed by atoms with E-state index >= 15 is 0 Å². The number of phenolic OH excluding ortho intramolecular Hbond substituents is 1. The van der Waals surface area contributed by atoms with Gasteiger partial charge in [0.15, 0.2) is 0 Å². The minimum Gasteiger partial charge on any atom is -0.506 e. The summed E-state index contributed by atoms with van der Waals surface area (Å²) in [7, 11) is 0. The Hall–Kier alpha value is -0.850. The van der Waals surface area contributed by atoms with Crippen molar-refractivity contribution >= 4 is 33.5 Å². The molecule has 2 atom stereocenters. The molecule has 0 aromatic heterocycles. The number of hydrogen-bond donors (Lipinski definition) is 2. The van der Waals surface area contributed by atoms with Crippen LogP contribution in [-0.4, -0.2) is 23.9 Å². The predicted molar refractivity (Wildman–Crippen MR) is 69.3 cm³/mol. The number of carbonyl (C=O) groups is 1. The average Bonchev–Trinajstić information content (AvgIpc) is 2.32. The van der Waals surface area contributed by atoms with Crippen molar-refractivity contribution in [1.29, 1.82) is 0 Å². The molecule has 0 saturated carbocycles. The normalized spacial score (nSPS) is 14.1. The zero-order chi connectivity index (χ0) is 13.9. The lowest BCUT2D eigenvalue weighted by molar-refractivity contribution is -0.149. The van der Waals surface area contributed by atoms with Gasteiger partial charge < -0.3 is 15.6 Å². The van der Waals surface area contributed by atoms with E-state index in [1.165, 1.54) is 12.1 Å². The smallest absolute Gasteiger partial charge is 0.342 e. The zero-order valence-electron chi connectivity index (χ0n) is 9.49. The largest absolute Gasteiger partial charge is 0.506 e. The van der Waals surface area contributed by atoms with E-state index in [9.17, 15) is 14.3 Å². The van der Waals surface area contributed by atoms with Crippen LogP contribution in [-0.2, 0) is 9.53 Å². The molecule has 0 saturated heterocycles. The lowest BCUT2D eigenvalue weighted by Gasteiger charge is -2.17. The Morgan fingerprint density at radius 3 is 2.83 bits per heavy atom. The standard InChI is InChI=1S/C11H12BrClFNO3/c1-2-18-11(17)8(14)9(15)6-3-5(12)4-7(13)10(6)16/h3-4,8-9,16H,2,15H2,1H3/t8?,9-/m1/s1. The highest BCUT2D eigenvalue weighted by Gasteiger charge is 2.30. The summed E-state index contributed by atoms with van der Waals surface area (Å²) in [5.41, 5.74) is 5.63. The average molecular weight is 341 g/mol. The van der Waals surface area contributed by atoms with Gasteiger partial charge in [0.2, 0.25) is 6.17 Å². The molecule has 1 aromatic rings. The van der Waals surface area contributed by atoms with E-state index in [-0.39, 0.29) is 22.9 Å². The Morgan fingerprint density at radius 1 is 1.67 bits per heavy atom. The van der Waals surface area contributed by atoms with Crippen LogP contribution in [0.2, 0.25) is 5.02 Å². The van der Waals surface area contributed by atoms with E-state index in [0.29, 0.717) is 4.47 Å². The molecule has 7 heteroatoms. The fraction of sp³-hybridized carbons (Fsp3) is 0.364. The maximum absolute atomic E-state index is 13.7. The Kier molecular flexibility index (Phi) is 5.37. The van der Waals surface area contributed by atoms with E-state index in [1.807, 2.05) is 0 Å². The van der Waals surface area contributed by atoms with Crippen LogP contribution < -0.4 is 5.73 Å². The van der Waals surface area contributed by atoms with Crippen molar-refractivity contribution in [2.45, 2.75) is 19.1 Å². The monoisotopic (exact) mass is 339 g/mol. The molecular weight excluding hydrogens is 328 g/mol. The second-order valence-corrected chi connectivity index (χ2v) is 4.83. The number of hydrogen-bond acceptors (Lipinski definition) is 4. The van der Waals surface area contributed by atoms with Gasteiger partial charge in [-0.1, -0.05) is 27.5 Å². The maximum atomic E-state index is 13.7. The third-order valence-corrected chi connectivity index (χ3v) is 2.99. The van der Waals surface area contributed by atoms with E-state index < -0.39 is 18.2 Å². The molecule has 0 amide bonds. The fourth-order valence-corrected chi connectivity index (χ4v) is 2.20. The van der Waals surface area contributed by atoms with Crippen LogP contribution in [0, 0.1) is 0 Å². The molecule has 1 rings (SSSR count). The summed E-state index contributed by atoms with van der Waals surface area (Å²) in [6.07, 6.45) is -2.07. The van der Waals surface area contributed by atoms with Gasteiger partial charge in [0, 0.05) is 10.0 Å². The van der Waals surface area contributed by atoms with Crippen LogP contribution in [0.25, 0.3) is 0 Å². The van der Waals surface area contributed by atoms with Gasteiger partial charge >= 0.3 is 5.97 Å². The first-order valence-corrected chi connectivity index (χ1v) is 6.29. The van der Waals surface area contributed by atoms with Crippen LogP contribution in [0.1, 0.15) is 18.5 Å². The molecule has 0 heterocycles. The number of carbonyl (C=O) groups excluding carboxylic acids is 1. The molecule has 0 bridgehead atoms. The molecule has 0 radical (unpaired) electrons. The van der Waals surface area contributed by atoms with Crippen molar-refractivity contribution in [3.05, 3.63) is 27.2 Å². The van der Waals surface area contributed by atoms with Gasteiger partial charge in [0.25, 0.3) is 0 Å². The number of phenols is 1. The summed E-state index contributed by atoms with van der Waals surface area (Å²) in [6.45, 7) is 1.61. The number of nitrogens with two attached hydrogens (primary N) is 1. The van der Waals surface area contributed by atoms with Gasteiger partial charge in [-0.15, -0.1) is 0 Å². The Labute approximate surface area is 117 Å². The molecule has 0 aliphatic heterocycles. The third-order valence-electron chi connectivity index (χ3n) is 2.24. The highest BCUT2D eigenvalue weighted by molar-refractivity contribution is 9.10. The molecule has 3 N–H and O–H groups in total. The Bertz CT molecular complexity index is 458. The number of ether oxygens (including phenoxy) is 1. The third kappa shape index (κ3) is 3.34. The Morgan fingerprint density at radius 2 is 2.28 bits per heavy atom. The van der Waals surface area contributed by atoms with Gasteiger partial charge in [0.1, 0.15) is 5.75 Å². The van der Waals surface area contributed by atoms with E-state index in [4.69, 9.17) is 17.3 Å². The lowest BCUT2D eigenvalue weighted by atomic mass is 10.0. The highest BCUT2D eigenvalue weighted by atomic mass is 79.9. The molecular formula is C11H12BrClFNO3. The number of alkyl halides is 1. The molecule has 0 aliphatic carbocycles. The topological polar surface area (TPSA) is 72.5 Å². The molecule has 0 fully saturated rings. The molecule has 18 heavy (non-hydrogen) atoms. The van der Waals surface area contributed by atoms with Crippen LogP contribution >= 0.6 is 27.5 Å². The number of esters is 1. The van der Waals surface area contributed by atoms with Crippen LogP contribution in [0.15, 0.2) is 16.6 Å². The van der Waals surface area contributed by atoms with Crippen molar-refractivity contribution in [3.8, 4) is 5.75 Å². The van der Waals surface area contributed by atoms with Crippen molar-refractivity contribution in [2.75, 3.05) is 6.61 Å². The minimum absolute atomic E-state index is 0.0193. The summed E-state index contributed by atoms with van der Waals surface area (Å²) < 4.78 is 18.8. The zero-order valence-corrected chi connectivity index (χ0v) is 11.8. The van der Waals surface area contributed by atoms with Gasteiger partial charge in [-0.05, 0) is 19.1 Å². The molecule has 4 nitrogen and oxygen atoms in total. The second-order valence-electron chi connectivity index (χ2n) is 3.51. The molecule has 0 aliphatic rings. The van der Waals surface area contributed by atoms with Gasteiger partial charge in [-0.25, -0.2) is 9.18 Å². The van der Waals surface area contributed by atoms with Crippen molar-refractivity contribution < 1.29 is 19.0 Å². The molecule has 100 valence electrons. The van der Waals surface area contributed by atoms with Crippen LogP contribution in [0.5, 0.6) is 5.75 Å². The van der Waals surface area contributed by atoms with Crippen LogP contribution in [0.4, 0.5) is 4.39 Å². The summed E-state index contributed by atoms with van der Waals surface area (Å²) in [5, 5.41) is 9.72. The molecule has 1 aromatic carbocycles. The van der Waals surface area contributed by atoms with Gasteiger partial charge in [-0.3, -0.25) is 0 Å². The quantitative estimate of drug-likeness (QED) is 0.827. The Balaban J connectivity index is 3.03. The van der Waals surface area contributed by atoms with E-state index in [2.05, 4.69) is 20.7 Å². The first-order valence-electron chi connectivity index (χ1n) is 5.12. The number of rotatable bonds is 4. The summed E-state index contributed by atoms with van der Waals surface area (Å²) in [4.78, 5) is 11.2. The summed E-state index contributed by atoms with van der Waals surface area (Å²) in [5.74, 6) is -1.42. The number of halogens is 3. The van der Waals surface area contributed by atoms with Crippen molar-refractivity contribution in [1.82, 2.24) is 0 Å². The maximum Gasteiger partial charge on any atom is 0.342 e. The minimum atomic E-state index is -2.07. The highest BCUT2D eigenvalue weighted by Crippen LogP contribution is 2.35. The number of aromatic hydroxyl groups is 1. The van der Waals surface area contributed by atoms with E-state index in [1.54, 1.807) is 6.92 Å². The van der Waals surface area contributed by atoms with Crippen molar-refractivity contribution in [2.24, 2.45) is 5.73 Å². The fourth-order valence-electron chi connectivity index (χ4n) is 1.37. The second kappa shape index (κ2) is 6.36. The predicted octanol–water partition coefficient (Wildman–Crippen LogP) is 2.71. The van der Waals surface area contributed by atoms with Gasteiger partial charge in [-0.2, -0.15) is 0 Å². The van der Waals surface area contributed by atoms with Crippen molar-refractivity contribution in [3.63, 3.8) is 0 Å². The molecule has 1 unspecified atom stereocenters. The SMILES string of the molecule is CCOC(=O)C(F)[C@H](N)c1cc(Br)cc(Cl)c1O. The summed E-state index contributed by atoms with van der Waals surface area (Å²) in [6, 6.07) is 1.49. The lowest BCUT2D eigenvalue weighted by Crippen LogP contribution is -2.31.